The van der Waals surface area contributed by atoms with E-state index in [4.69, 9.17) is 0 Å². The second-order valence-electron chi connectivity index (χ2n) is 7.35. The van der Waals surface area contributed by atoms with Gasteiger partial charge in [0.2, 0.25) is 10.0 Å². The number of rotatable bonds is 6. The molecular formula is C19H30N2O3S. The van der Waals surface area contributed by atoms with Crippen molar-refractivity contribution in [1.82, 2.24) is 9.62 Å². The van der Waals surface area contributed by atoms with Gasteiger partial charge >= 0.3 is 0 Å². The molecule has 1 saturated carbocycles. The Balaban J connectivity index is 2.20. The molecule has 0 spiro atoms. The Morgan fingerprint density at radius 1 is 1.16 bits per heavy atom. The van der Waals surface area contributed by atoms with Crippen LogP contribution in [0.3, 0.4) is 0 Å². The molecule has 1 fully saturated rings. The van der Waals surface area contributed by atoms with E-state index in [1.807, 2.05) is 20.8 Å². The van der Waals surface area contributed by atoms with Gasteiger partial charge in [0, 0.05) is 24.7 Å². The molecule has 140 valence electrons. The summed E-state index contributed by atoms with van der Waals surface area (Å²) >= 11 is 0. The van der Waals surface area contributed by atoms with Crippen molar-refractivity contribution < 1.29 is 13.2 Å². The predicted molar refractivity (Wildman–Crippen MR) is 100 cm³/mol. The third-order valence-corrected chi connectivity index (χ3v) is 7.13. The van der Waals surface area contributed by atoms with E-state index in [2.05, 4.69) is 5.32 Å². The Morgan fingerprint density at radius 2 is 1.80 bits per heavy atom. The molecule has 6 heteroatoms. The number of hydrogen-bond acceptors (Lipinski definition) is 3. The summed E-state index contributed by atoms with van der Waals surface area (Å²) < 4.78 is 27.3. The van der Waals surface area contributed by atoms with Crippen molar-refractivity contribution in [2.75, 3.05) is 7.05 Å². The molecule has 0 bridgehead atoms. The Kier molecular flexibility index (Phi) is 6.63. The second-order valence-corrected chi connectivity index (χ2v) is 9.34. The highest BCUT2D eigenvalue weighted by Crippen LogP contribution is 2.26. The Morgan fingerprint density at radius 3 is 2.40 bits per heavy atom. The number of carbonyl (C=O) groups excluding carboxylic acids is 1. The summed E-state index contributed by atoms with van der Waals surface area (Å²) in [5.74, 6) is 0.0758. The van der Waals surface area contributed by atoms with Crippen LogP contribution in [0.15, 0.2) is 29.2 Å². The number of benzene rings is 1. The van der Waals surface area contributed by atoms with Gasteiger partial charge in [0.15, 0.2) is 0 Å². The van der Waals surface area contributed by atoms with Gasteiger partial charge in [0.25, 0.3) is 5.91 Å². The molecule has 1 aromatic carbocycles. The van der Waals surface area contributed by atoms with E-state index < -0.39 is 10.0 Å². The van der Waals surface area contributed by atoms with Crippen LogP contribution in [0.4, 0.5) is 0 Å². The van der Waals surface area contributed by atoms with Crippen LogP contribution in [-0.4, -0.2) is 37.8 Å². The highest BCUT2D eigenvalue weighted by atomic mass is 32.2. The fourth-order valence-electron chi connectivity index (χ4n) is 3.06. The van der Waals surface area contributed by atoms with Gasteiger partial charge < -0.3 is 5.32 Å². The molecule has 1 atom stereocenters. The van der Waals surface area contributed by atoms with Crippen molar-refractivity contribution in [3.63, 3.8) is 0 Å². The molecule has 0 heterocycles. The molecule has 2 rings (SSSR count). The minimum Gasteiger partial charge on any atom is -0.349 e. The lowest BCUT2D eigenvalue weighted by molar-refractivity contribution is 0.0930. The van der Waals surface area contributed by atoms with E-state index in [1.165, 1.54) is 16.8 Å². The molecule has 1 aromatic rings. The van der Waals surface area contributed by atoms with E-state index >= 15 is 0 Å². The average Bonchev–Trinajstić information content (AvgIpc) is 2.61. The molecule has 0 aliphatic heterocycles. The Labute approximate surface area is 151 Å². The van der Waals surface area contributed by atoms with E-state index in [9.17, 15) is 13.2 Å². The molecular weight excluding hydrogens is 336 g/mol. The van der Waals surface area contributed by atoms with Crippen molar-refractivity contribution in [2.45, 2.75) is 69.9 Å². The van der Waals surface area contributed by atoms with Gasteiger partial charge in [-0.25, -0.2) is 8.42 Å². The quantitative estimate of drug-likeness (QED) is 0.839. The van der Waals surface area contributed by atoms with Crippen molar-refractivity contribution in [3.8, 4) is 0 Å². The van der Waals surface area contributed by atoms with Gasteiger partial charge in [0.1, 0.15) is 0 Å². The summed E-state index contributed by atoms with van der Waals surface area (Å²) in [5.41, 5.74) is 0.380. The highest BCUT2D eigenvalue weighted by molar-refractivity contribution is 7.89. The van der Waals surface area contributed by atoms with Crippen LogP contribution < -0.4 is 5.32 Å². The molecule has 5 nitrogen and oxygen atoms in total. The van der Waals surface area contributed by atoms with Gasteiger partial charge in [0.05, 0.1) is 4.90 Å². The van der Waals surface area contributed by atoms with Crippen LogP contribution in [-0.2, 0) is 10.0 Å². The van der Waals surface area contributed by atoms with Crippen LogP contribution in [0.5, 0.6) is 0 Å². The lowest BCUT2D eigenvalue weighted by Gasteiger charge is -2.30. The van der Waals surface area contributed by atoms with Crippen LogP contribution in [0.1, 0.15) is 63.2 Å². The first-order valence-electron chi connectivity index (χ1n) is 9.12. The summed E-state index contributed by atoms with van der Waals surface area (Å²) in [6.45, 7) is 6.01. The third kappa shape index (κ3) is 4.82. The van der Waals surface area contributed by atoms with Crippen molar-refractivity contribution in [2.24, 2.45) is 5.92 Å². The largest absolute Gasteiger partial charge is 0.349 e. The highest BCUT2D eigenvalue weighted by Gasteiger charge is 2.29. The summed E-state index contributed by atoms with van der Waals surface area (Å²) in [4.78, 5) is 12.6. The average molecular weight is 367 g/mol. The standard InChI is InChI=1S/C19H30N2O3S/c1-14(2)15(3)20-19(22)16-9-8-12-18(13-16)25(23,24)21(4)17-10-6-5-7-11-17/h8-9,12-15,17H,5-7,10-11H2,1-4H3,(H,20,22). The summed E-state index contributed by atoms with van der Waals surface area (Å²) in [6, 6.07) is 6.42. The number of hydrogen-bond donors (Lipinski definition) is 1. The van der Waals surface area contributed by atoms with Gasteiger partial charge in [-0.15, -0.1) is 0 Å². The normalized spacial score (nSPS) is 17.7. The maximum Gasteiger partial charge on any atom is 0.251 e. The van der Waals surface area contributed by atoms with E-state index in [0.29, 0.717) is 11.5 Å². The number of sulfonamides is 1. The molecule has 0 aromatic heterocycles. The third-order valence-electron chi connectivity index (χ3n) is 5.22. The first-order chi connectivity index (χ1) is 11.7. The van der Waals surface area contributed by atoms with Gasteiger partial charge in [-0.05, 0) is 43.9 Å². The zero-order valence-corrected chi connectivity index (χ0v) is 16.5. The zero-order valence-electron chi connectivity index (χ0n) is 15.7. The SMILES string of the molecule is CC(C)C(C)NC(=O)c1cccc(S(=O)(=O)N(C)C2CCCCC2)c1. The van der Waals surface area contributed by atoms with E-state index in [1.54, 1.807) is 25.2 Å². The Hall–Kier alpha value is -1.40. The minimum absolute atomic E-state index is 0.0256. The van der Waals surface area contributed by atoms with Crippen molar-refractivity contribution in [1.29, 1.82) is 0 Å². The molecule has 1 N–H and O–H groups in total. The molecule has 0 saturated heterocycles. The fourth-order valence-corrected chi connectivity index (χ4v) is 4.52. The molecule has 1 unspecified atom stereocenters. The van der Waals surface area contributed by atoms with Crippen molar-refractivity contribution >= 4 is 15.9 Å². The number of carbonyl (C=O) groups is 1. The van der Waals surface area contributed by atoms with Crippen LogP contribution >= 0.6 is 0 Å². The van der Waals surface area contributed by atoms with E-state index in [-0.39, 0.29) is 22.9 Å². The van der Waals surface area contributed by atoms with Gasteiger partial charge in [-0.1, -0.05) is 39.2 Å². The molecule has 25 heavy (non-hydrogen) atoms. The number of nitrogens with zero attached hydrogens (tertiary/aromatic N) is 1. The smallest absolute Gasteiger partial charge is 0.251 e. The maximum atomic E-state index is 12.9. The second kappa shape index (κ2) is 8.32. The molecule has 0 radical (unpaired) electrons. The lowest BCUT2D eigenvalue weighted by atomic mass is 9.96. The lowest BCUT2D eigenvalue weighted by Crippen LogP contribution is -2.38. The van der Waals surface area contributed by atoms with Crippen LogP contribution in [0.2, 0.25) is 0 Å². The summed E-state index contributed by atoms with van der Waals surface area (Å²) in [6.07, 6.45) is 5.12. The van der Waals surface area contributed by atoms with Crippen LogP contribution in [0.25, 0.3) is 0 Å². The number of nitrogens with one attached hydrogen (secondary N) is 1. The molecule has 1 aliphatic rings. The number of amides is 1. The molecule has 1 amide bonds. The summed E-state index contributed by atoms with van der Waals surface area (Å²) in [7, 11) is -1.93. The maximum absolute atomic E-state index is 12.9. The topological polar surface area (TPSA) is 66.5 Å². The molecule has 1 aliphatic carbocycles. The zero-order chi connectivity index (χ0) is 18.6. The van der Waals surface area contributed by atoms with Crippen molar-refractivity contribution in [3.05, 3.63) is 29.8 Å². The monoisotopic (exact) mass is 366 g/mol. The summed E-state index contributed by atoms with van der Waals surface area (Å²) in [5, 5.41) is 2.92. The van der Waals surface area contributed by atoms with Gasteiger partial charge in [-0.2, -0.15) is 4.31 Å². The van der Waals surface area contributed by atoms with E-state index in [0.717, 1.165) is 25.7 Å². The van der Waals surface area contributed by atoms with Crippen LogP contribution in [0, 0.1) is 5.92 Å². The first-order valence-corrected chi connectivity index (χ1v) is 10.6. The fraction of sp³-hybridized carbons (Fsp3) is 0.632. The Bertz CT molecular complexity index is 694. The minimum atomic E-state index is -3.59. The first kappa shape index (κ1) is 19.9. The predicted octanol–water partition coefficient (Wildman–Crippen LogP) is 3.41. The van der Waals surface area contributed by atoms with Gasteiger partial charge in [-0.3, -0.25) is 4.79 Å².